The van der Waals surface area contributed by atoms with Crippen molar-refractivity contribution < 1.29 is 4.74 Å². The molecule has 0 saturated heterocycles. The number of aryl methyl sites for hydroxylation is 1. The van der Waals surface area contributed by atoms with Crippen LogP contribution in [0.1, 0.15) is 35.1 Å². The molecule has 1 N–H and O–H groups in total. The topological polar surface area (TPSA) is 62.6 Å². The summed E-state index contributed by atoms with van der Waals surface area (Å²) in [5.74, 6) is 0.813. The number of hydrogen-bond acceptors (Lipinski definition) is 5. The van der Waals surface area contributed by atoms with Gasteiger partial charge in [0, 0.05) is 32.3 Å². The lowest BCUT2D eigenvalue weighted by atomic mass is 10.3. The highest BCUT2D eigenvalue weighted by molar-refractivity contribution is 14.0. The minimum atomic E-state index is 0. The zero-order valence-electron chi connectivity index (χ0n) is 15.3. The van der Waals surface area contributed by atoms with Gasteiger partial charge in [0.25, 0.3) is 0 Å². The van der Waals surface area contributed by atoms with Crippen LogP contribution in [-0.4, -0.2) is 42.0 Å². The van der Waals surface area contributed by atoms with E-state index in [1.807, 2.05) is 44.0 Å². The first-order valence-corrected chi connectivity index (χ1v) is 8.73. The zero-order valence-corrected chi connectivity index (χ0v) is 18.5. The SMILES string of the molecule is CN=C(NCc1cccc(C)n1)N(C)Cc1csc(C(C)OC)n1.I. The third-order valence-corrected chi connectivity index (χ3v) is 4.67. The largest absolute Gasteiger partial charge is 0.375 e. The van der Waals surface area contributed by atoms with Gasteiger partial charge in [-0.05, 0) is 26.0 Å². The Bertz CT molecular complexity index is 691. The van der Waals surface area contributed by atoms with Crippen molar-refractivity contribution in [3.63, 3.8) is 0 Å². The number of pyridine rings is 1. The Hall–Kier alpha value is -1.26. The average molecular weight is 475 g/mol. The normalized spacial score (nSPS) is 12.4. The van der Waals surface area contributed by atoms with Gasteiger partial charge in [-0.2, -0.15) is 0 Å². The minimum Gasteiger partial charge on any atom is -0.375 e. The van der Waals surface area contributed by atoms with Crippen molar-refractivity contribution in [2.24, 2.45) is 4.99 Å². The molecule has 0 fully saturated rings. The number of thiazole rings is 1. The summed E-state index contributed by atoms with van der Waals surface area (Å²) in [4.78, 5) is 15.5. The van der Waals surface area contributed by atoms with Gasteiger partial charge in [0.15, 0.2) is 5.96 Å². The van der Waals surface area contributed by atoms with Gasteiger partial charge < -0.3 is 15.0 Å². The molecule has 0 aliphatic rings. The number of aliphatic imine (C=N–C) groups is 1. The molecule has 2 rings (SSSR count). The highest BCUT2D eigenvalue weighted by Crippen LogP contribution is 2.20. The fraction of sp³-hybridized carbons (Fsp3) is 0.471. The smallest absolute Gasteiger partial charge is 0.194 e. The van der Waals surface area contributed by atoms with Crippen LogP contribution in [0.25, 0.3) is 0 Å². The predicted octanol–water partition coefficient (Wildman–Crippen LogP) is 3.38. The van der Waals surface area contributed by atoms with E-state index >= 15 is 0 Å². The van der Waals surface area contributed by atoms with Crippen LogP contribution < -0.4 is 5.32 Å². The van der Waals surface area contributed by atoms with Crippen LogP contribution in [-0.2, 0) is 17.8 Å². The summed E-state index contributed by atoms with van der Waals surface area (Å²) in [5.41, 5.74) is 3.02. The fourth-order valence-corrected chi connectivity index (χ4v) is 3.09. The van der Waals surface area contributed by atoms with Crippen LogP contribution in [0.4, 0.5) is 0 Å². The lowest BCUT2D eigenvalue weighted by Crippen LogP contribution is -2.38. The van der Waals surface area contributed by atoms with Gasteiger partial charge >= 0.3 is 0 Å². The second kappa shape index (κ2) is 10.7. The lowest BCUT2D eigenvalue weighted by Gasteiger charge is -2.21. The molecule has 1 atom stereocenters. The minimum absolute atomic E-state index is 0. The zero-order chi connectivity index (χ0) is 17.5. The van der Waals surface area contributed by atoms with Gasteiger partial charge in [-0.15, -0.1) is 35.3 Å². The maximum Gasteiger partial charge on any atom is 0.194 e. The van der Waals surface area contributed by atoms with Gasteiger partial charge in [-0.3, -0.25) is 9.98 Å². The van der Waals surface area contributed by atoms with E-state index in [0.717, 1.165) is 28.0 Å². The first-order chi connectivity index (χ1) is 11.5. The second-order valence-electron chi connectivity index (χ2n) is 5.58. The summed E-state index contributed by atoms with van der Waals surface area (Å²) in [5, 5.41) is 6.40. The van der Waals surface area contributed by atoms with Gasteiger partial charge in [-0.25, -0.2) is 4.98 Å². The second-order valence-corrected chi connectivity index (χ2v) is 6.47. The molecule has 0 aliphatic carbocycles. The Kier molecular flexibility index (Phi) is 9.30. The molecule has 0 aliphatic heterocycles. The highest BCUT2D eigenvalue weighted by Gasteiger charge is 2.12. The van der Waals surface area contributed by atoms with Crippen LogP contribution in [0, 0.1) is 6.92 Å². The number of rotatable bonds is 6. The third kappa shape index (κ3) is 6.52. The molecule has 25 heavy (non-hydrogen) atoms. The van der Waals surface area contributed by atoms with Crippen LogP contribution in [0.15, 0.2) is 28.6 Å². The standard InChI is InChI=1S/C17H25N5OS.HI/c1-12-7-6-8-14(20-12)9-19-17(18-3)22(4)10-15-11-24-16(21-15)13(2)23-5;/h6-8,11,13H,9-10H2,1-5H3,(H,18,19);1H. The monoisotopic (exact) mass is 475 g/mol. The fourth-order valence-electron chi connectivity index (χ4n) is 2.25. The molecule has 1 unspecified atom stereocenters. The molecule has 0 saturated carbocycles. The number of aromatic nitrogens is 2. The molecule has 2 aromatic heterocycles. The lowest BCUT2D eigenvalue weighted by molar-refractivity contribution is 0.119. The Balaban J connectivity index is 0.00000312. The third-order valence-electron chi connectivity index (χ3n) is 3.62. The van der Waals surface area contributed by atoms with E-state index in [9.17, 15) is 0 Å². The molecule has 2 aromatic rings. The van der Waals surface area contributed by atoms with E-state index < -0.39 is 0 Å². The molecule has 0 spiro atoms. The van der Waals surface area contributed by atoms with E-state index in [2.05, 4.69) is 25.7 Å². The summed E-state index contributed by atoms with van der Waals surface area (Å²) in [6.07, 6.45) is 0.0267. The first-order valence-electron chi connectivity index (χ1n) is 7.85. The number of hydrogen-bond donors (Lipinski definition) is 1. The Morgan fingerprint density at radius 3 is 2.76 bits per heavy atom. The molecule has 0 bridgehead atoms. The molecule has 0 aromatic carbocycles. The maximum atomic E-state index is 5.31. The van der Waals surface area contributed by atoms with E-state index in [0.29, 0.717) is 13.1 Å². The summed E-state index contributed by atoms with van der Waals surface area (Å²) in [6.45, 7) is 5.32. The molecule has 0 amide bonds. The number of halogens is 1. The van der Waals surface area contributed by atoms with Crippen LogP contribution in [0.5, 0.6) is 0 Å². The Morgan fingerprint density at radius 2 is 2.12 bits per heavy atom. The summed E-state index contributed by atoms with van der Waals surface area (Å²) in [7, 11) is 5.47. The molecule has 2 heterocycles. The summed E-state index contributed by atoms with van der Waals surface area (Å²) >= 11 is 1.62. The van der Waals surface area contributed by atoms with E-state index in [4.69, 9.17) is 4.74 Å². The van der Waals surface area contributed by atoms with Crippen molar-refractivity contribution in [2.75, 3.05) is 21.2 Å². The van der Waals surface area contributed by atoms with E-state index in [-0.39, 0.29) is 30.1 Å². The molecular weight excluding hydrogens is 449 g/mol. The number of nitrogens with zero attached hydrogens (tertiary/aromatic N) is 4. The van der Waals surface area contributed by atoms with Crippen molar-refractivity contribution in [1.82, 2.24) is 20.2 Å². The van der Waals surface area contributed by atoms with E-state index in [1.54, 1.807) is 25.5 Å². The Morgan fingerprint density at radius 1 is 1.36 bits per heavy atom. The number of ether oxygens (including phenoxy) is 1. The summed E-state index contributed by atoms with van der Waals surface area (Å²) < 4.78 is 5.31. The van der Waals surface area contributed by atoms with Crippen molar-refractivity contribution in [3.8, 4) is 0 Å². The highest BCUT2D eigenvalue weighted by atomic mass is 127. The van der Waals surface area contributed by atoms with Gasteiger partial charge in [0.1, 0.15) is 11.1 Å². The van der Waals surface area contributed by atoms with Crippen LogP contribution >= 0.6 is 35.3 Å². The maximum absolute atomic E-state index is 5.31. The van der Waals surface area contributed by atoms with Crippen molar-refractivity contribution >= 4 is 41.3 Å². The predicted molar refractivity (Wildman–Crippen MR) is 114 cm³/mol. The number of guanidine groups is 1. The molecule has 138 valence electrons. The number of nitrogens with one attached hydrogen (secondary N) is 1. The van der Waals surface area contributed by atoms with Gasteiger partial charge in [0.05, 0.1) is 24.5 Å². The van der Waals surface area contributed by atoms with Crippen molar-refractivity contribution in [3.05, 3.63) is 45.7 Å². The number of methoxy groups -OCH3 is 1. The molecule has 0 radical (unpaired) electrons. The molecular formula is C17H26IN5OS. The van der Waals surface area contributed by atoms with Crippen molar-refractivity contribution in [2.45, 2.75) is 33.0 Å². The Labute approximate surface area is 170 Å². The summed E-state index contributed by atoms with van der Waals surface area (Å²) in [6, 6.07) is 6.01. The molecule has 8 heteroatoms. The quantitative estimate of drug-likeness (QED) is 0.395. The van der Waals surface area contributed by atoms with Gasteiger partial charge in [-0.1, -0.05) is 6.07 Å². The van der Waals surface area contributed by atoms with Crippen molar-refractivity contribution in [1.29, 1.82) is 0 Å². The van der Waals surface area contributed by atoms with Crippen LogP contribution in [0.2, 0.25) is 0 Å². The average Bonchev–Trinajstić information content (AvgIpc) is 3.03. The van der Waals surface area contributed by atoms with Gasteiger partial charge in [0.2, 0.25) is 0 Å². The first kappa shape index (κ1) is 21.8. The molecule has 6 nitrogen and oxygen atoms in total. The van der Waals surface area contributed by atoms with E-state index in [1.165, 1.54) is 0 Å². The van der Waals surface area contributed by atoms with Crippen LogP contribution in [0.3, 0.4) is 0 Å².